The molecule has 9 aromatic rings. The summed E-state index contributed by atoms with van der Waals surface area (Å²) in [5.41, 5.74) is 13.5. The van der Waals surface area contributed by atoms with Gasteiger partial charge in [0.15, 0.2) is 12.0 Å². The number of hydrogen-bond donors (Lipinski definition) is 0. The third-order valence-corrected chi connectivity index (χ3v) is 15.4. The van der Waals surface area contributed by atoms with E-state index in [1.165, 1.54) is 46.4 Å². The van der Waals surface area contributed by atoms with Crippen molar-refractivity contribution in [3.8, 4) is 28.2 Å². The summed E-state index contributed by atoms with van der Waals surface area (Å²) < 4.78 is 24.2. The third-order valence-electron chi connectivity index (χ3n) is 12.2. The molecule has 6 aromatic carbocycles. The van der Waals surface area contributed by atoms with E-state index in [0.717, 1.165) is 84.6 Å². The van der Waals surface area contributed by atoms with Crippen molar-refractivity contribution in [3.05, 3.63) is 126 Å². The van der Waals surface area contributed by atoms with E-state index in [4.69, 9.17) is 13.8 Å². The van der Waals surface area contributed by atoms with Crippen molar-refractivity contribution in [2.75, 3.05) is 0 Å². The summed E-state index contributed by atoms with van der Waals surface area (Å²) in [6.07, 6.45) is 3.45. The van der Waals surface area contributed by atoms with Gasteiger partial charge in [-0.2, -0.15) is 0 Å². The van der Waals surface area contributed by atoms with E-state index in [0.29, 0.717) is 0 Å². The van der Waals surface area contributed by atoms with Crippen LogP contribution in [0, 0.1) is 0 Å². The summed E-state index contributed by atoms with van der Waals surface area (Å²) in [5.74, 6) is 0.865. The maximum absolute atomic E-state index is 9.40. The molecule has 0 aliphatic carbocycles. The summed E-state index contributed by atoms with van der Waals surface area (Å²) in [6, 6.07) is 39.5. The zero-order valence-corrected chi connectivity index (χ0v) is 33.5. The topological polar surface area (TPSA) is 57.0 Å². The first-order valence-electron chi connectivity index (χ1n) is 20.4. The van der Waals surface area contributed by atoms with Crippen LogP contribution >= 0.6 is 0 Å². The van der Waals surface area contributed by atoms with Gasteiger partial charge < -0.3 is 8.83 Å². The first-order valence-corrected chi connectivity index (χ1v) is 23.3. The molecule has 0 bridgehead atoms. The number of furan rings is 1. The second-order valence-corrected chi connectivity index (χ2v) is 22.4. The lowest BCUT2D eigenvalue weighted by molar-refractivity contribution is 0.602. The molecule has 1 fully saturated rings. The Labute approximate surface area is 324 Å². The maximum atomic E-state index is 9.40. The number of para-hydroxylation sites is 3. The highest BCUT2D eigenvalue weighted by Crippen LogP contribution is 2.44. The Hall–Kier alpha value is -5.46. The SMILES string of the molecule is [2H]C1(c2ccc(-c3cc(C(C)C)c(-n4c(-c5cccc6c5oc5cc7c(ccc8ocnc87)cc56)nc5ccccc54)c(C(C)C)c3)cc2)CC[Si](C)(C)CC1. The molecule has 3 aromatic heterocycles. The predicted molar refractivity (Wildman–Crippen MR) is 232 cm³/mol. The Kier molecular flexibility index (Phi) is 7.67. The Balaban J connectivity index is 1.16. The Morgan fingerprint density at radius 1 is 0.745 bits per heavy atom. The van der Waals surface area contributed by atoms with Crippen LogP contribution in [0.5, 0.6) is 0 Å². The molecule has 4 heterocycles. The molecule has 5 nitrogen and oxygen atoms in total. The van der Waals surface area contributed by atoms with Crippen LogP contribution in [-0.4, -0.2) is 22.6 Å². The van der Waals surface area contributed by atoms with Gasteiger partial charge in [-0.1, -0.05) is 107 Å². The lowest BCUT2D eigenvalue weighted by Gasteiger charge is -2.33. The lowest BCUT2D eigenvalue weighted by Crippen LogP contribution is -2.30. The molecular weight excluding hydrogens is 691 g/mol. The van der Waals surface area contributed by atoms with Crippen LogP contribution in [0.15, 0.2) is 118 Å². The minimum Gasteiger partial charge on any atom is -0.455 e. The molecule has 274 valence electrons. The fourth-order valence-corrected chi connectivity index (χ4v) is 11.2. The van der Waals surface area contributed by atoms with Gasteiger partial charge in [0.1, 0.15) is 22.5 Å². The Morgan fingerprint density at radius 2 is 1.49 bits per heavy atom. The number of nitrogens with zero attached hydrogens (tertiary/aromatic N) is 3. The molecule has 1 aliphatic heterocycles. The van der Waals surface area contributed by atoms with Crippen LogP contribution in [0.3, 0.4) is 0 Å². The number of benzene rings is 6. The summed E-state index contributed by atoms with van der Waals surface area (Å²) >= 11 is 0. The first kappa shape index (κ1) is 32.9. The molecule has 1 saturated heterocycles. The van der Waals surface area contributed by atoms with Crippen LogP contribution in [0.25, 0.3) is 83.0 Å². The predicted octanol–water partition coefficient (Wildman–Crippen LogP) is 14.4. The maximum Gasteiger partial charge on any atom is 0.182 e. The third kappa shape index (κ3) is 5.64. The van der Waals surface area contributed by atoms with E-state index < -0.39 is 14.0 Å². The summed E-state index contributed by atoms with van der Waals surface area (Å²) in [4.78, 5) is 9.90. The molecule has 0 N–H and O–H groups in total. The average molecular weight is 739 g/mol. The van der Waals surface area contributed by atoms with E-state index in [9.17, 15) is 1.37 Å². The van der Waals surface area contributed by atoms with Crippen molar-refractivity contribution in [1.29, 1.82) is 0 Å². The summed E-state index contributed by atoms with van der Waals surface area (Å²) in [7, 11) is -1.16. The molecule has 0 amide bonds. The zero-order chi connectivity index (χ0) is 38.5. The van der Waals surface area contributed by atoms with Crippen molar-refractivity contribution in [2.24, 2.45) is 0 Å². The van der Waals surface area contributed by atoms with Gasteiger partial charge in [0.05, 0.1) is 22.3 Å². The number of fused-ring (bicyclic) bond motifs is 7. The quantitative estimate of drug-likeness (QED) is 0.159. The van der Waals surface area contributed by atoms with Crippen molar-refractivity contribution < 1.29 is 10.2 Å². The van der Waals surface area contributed by atoms with Gasteiger partial charge in [-0.25, -0.2) is 9.97 Å². The molecule has 0 radical (unpaired) electrons. The molecule has 55 heavy (non-hydrogen) atoms. The van der Waals surface area contributed by atoms with Gasteiger partial charge in [0.2, 0.25) is 0 Å². The number of imidazole rings is 1. The fraction of sp³-hybridized carbons (Fsp3) is 0.265. The smallest absolute Gasteiger partial charge is 0.182 e. The molecule has 1 aliphatic rings. The highest BCUT2D eigenvalue weighted by molar-refractivity contribution is 6.77. The Bertz CT molecular complexity index is 2950. The molecule has 0 atom stereocenters. The minimum atomic E-state index is -1.16. The van der Waals surface area contributed by atoms with E-state index in [2.05, 4.69) is 147 Å². The monoisotopic (exact) mass is 738 g/mol. The van der Waals surface area contributed by atoms with Crippen LogP contribution in [-0.2, 0) is 0 Å². The van der Waals surface area contributed by atoms with Gasteiger partial charge in [-0.15, -0.1) is 0 Å². The minimum absolute atomic E-state index is 0.241. The van der Waals surface area contributed by atoms with E-state index in [1.807, 2.05) is 6.07 Å². The van der Waals surface area contributed by atoms with Crippen molar-refractivity contribution in [2.45, 2.75) is 83.4 Å². The van der Waals surface area contributed by atoms with E-state index >= 15 is 0 Å². The van der Waals surface area contributed by atoms with Crippen molar-refractivity contribution >= 4 is 62.9 Å². The Morgan fingerprint density at radius 3 is 2.24 bits per heavy atom. The number of hydrogen-bond acceptors (Lipinski definition) is 4. The molecular formula is C49H47N3O2Si. The van der Waals surface area contributed by atoms with Gasteiger partial charge in [0, 0.05) is 25.6 Å². The van der Waals surface area contributed by atoms with Gasteiger partial charge in [-0.3, -0.25) is 4.57 Å². The lowest BCUT2D eigenvalue weighted by atomic mass is 9.87. The molecule has 0 saturated carbocycles. The standard InChI is InChI=1S/C49H47N3O2Si/c1-29(2)38-25-35(32-16-14-31(15-17-32)33-20-22-55(5,6)23-21-33)26-39(30(3)4)47(38)52-43-13-8-7-12-42(43)51-49(52)37-11-9-10-36-41-24-34-18-19-44-46(50-28-53-44)40(34)27-45(41)54-48(36)37/h7-19,24-30,33H,20-23H2,1-6H3/i33D. The normalized spacial score (nSPS) is 16.0. The van der Waals surface area contributed by atoms with Crippen molar-refractivity contribution in [3.63, 3.8) is 0 Å². The second kappa shape index (κ2) is 12.8. The molecule has 0 spiro atoms. The van der Waals surface area contributed by atoms with E-state index in [1.54, 1.807) is 0 Å². The van der Waals surface area contributed by atoms with Crippen LogP contribution < -0.4 is 0 Å². The number of oxazole rings is 1. The van der Waals surface area contributed by atoms with Gasteiger partial charge in [-0.05, 0) is 112 Å². The number of aromatic nitrogens is 3. The van der Waals surface area contributed by atoms with Crippen LogP contribution in [0.2, 0.25) is 25.2 Å². The number of rotatable bonds is 6. The highest BCUT2D eigenvalue weighted by atomic mass is 28.3. The summed E-state index contributed by atoms with van der Waals surface area (Å²) in [6.45, 7) is 14.1. The first-order chi connectivity index (χ1) is 27.0. The van der Waals surface area contributed by atoms with Crippen molar-refractivity contribution in [1.82, 2.24) is 14.5 Å². The molecule has 10 rings (SSSR count). The van der Waals surface area contributed by atoms with Crippen LogP contribution in [0.1, 0.15) is 76.3 Å². The largest absolute Gasteiger partial charge is 0.455 e. The highest BCUT2D eigenvalue weighted by Gasteiger charge is 2.30. The fourth-order valence-electron chi connectivity index (χ4n) is 8.95. The second-order valence-electron chi connectivity index (χ2n) is 17.0. The summed E-state index contributed by atoms with van der Waals surface area (Å²) in [5, 5.41) is 4.22. The zero-order valence-electron chi connectivity index (χ0n) is 33.5. The van der Waals surface area contributed by atoms with Crippen LogP contribution in [0.4, 0.5) is 0 Å². The van der Waals surface area contributed by atoms with Gasteiger partial charge >= 0.3 is 0 Å². The molecule has 0 unspecified atom stereocenters. The van der Waals surface area contributed by atoms with E-state index in [-0.39, 0.29) is 11.8 Å². The van der Waals surface area contributed by atoms with Gasteiger partial charge in [0.25, 0.3) is 0 Å². The average Bonchev–Trinajstić information content (AvgIpc) is 3.93. The molecule has 6 heteroatoms.